The Bertz CT molecular complexity index is 1360. The lowest BCUT2D eigenvalue weighted by atomic mass is 9.82. The van der Waals surface area contributed by atoms with E-state index in [1.54, 1.807) is 30.3 Å². The molecule has 0 bridgehead atoms. The quantitative estimate of drug-likeness (QED) is 0.243. The van der Waals surface area contributed by atoms with Gasteiger partial charge in [0.2, 0.25) is 14.8 Å². The van der Waals surface area contributed by atoms with E-state index in [9.17, 15) is 18.3 Å². The molecule has 10 nitrogen and oxygen atoms in total. The molecule has 0 spiro atoms. The second-order valence-electron chi connectivity index (χ2n) is 10.4. The number of aliphatic hydroxyl groups is 1. The number of hydrogen-bond acceptors (Lipinski definition) is 9. The smallest absolute Gasteiger partial charge is 0.414 e. The van der Waals surface area contributed by atoms with Crippen LogP contribution < -0.4 is 26.3 Å². The molecule has 0 unspecified atom stereocenters. The fourth-order valence-corrected chi connectivity index (χ4v) is 6.00. The van der Waals surface area contributed by atoms with Crippen LogP contribution in [0.5, 0.6) is 11.5 Å². The highest BCUT2D eigenvalue weighted by molar-refractivity contribution is 7.92. The number of carbonyl (C=O) groups excluding carboxylic acids is 1. The topological polar surface area (TPSA) is 167 Å². The third-order valence-electron chi connectivity index (χ3n) is 6.76. The summed E-state index contributed by atoms with van der Waals surface area (Å²) in [6, 6.07) is 14.4. The summed E-state index contributed by atoms with van der Waals surface area (Å²) in [5.41, 5.74) is 11.1. The van der Waals surface area contributed by atoms with Gasteiger partial charge < -0.3 is 30.5 Å². The number of nitrogens with one attached hydrogen (secondary N) is 1. The van der Waals surface area contributed by atoms with Crippen molar-refractivity contribution in [2.45, 2.75) is 55.5 Å². The number of sulfone groups is 1. The van der Waals surface area contributed by atoms with E-state index in [1.807, 2.05) is 13.8 Å². The van der Waals surface area contributed by atoms with Crippen molar-refractivity contribution in [1.29, 1.82) is 0 Å². The van der Waals surface area contributed by atoms with E-state index < -0.39 is 26.5 Å². The predicted molar refractivity (Wildman–Crippen MR) is 147 cm³/mol. The summed E-state index contributed by atoms with van der Waals surface area (Å²) >= 11 is 0. The summed E-state index contributed by atoms with van der Waals surface area (Å²) in [7, 11) is -3.08. The number of nitrogens with two attached hydrogens (primary N) is 2. The standard InChI is InChI=1S/C28H37N3O7S/c1-26(2,13-14-29)18-21-16-23(10-11-24(21)36-4)39(34,35)27(3,33)28(30,17-20-8-6-5-7-9-20)31-25(32)38-22-12-15-37-19-22/h5-12,15-16,19,33H,13-14,17-18,29-30H2,1-4H3,(H,31,32)/t27-,28+/m1/s1. The third-order valence-corrected chi connectivity index (χ3v) is 9.05. The Morgan fingerprint density at radius 1 is 1.08 bits per heavy atom. The molecule has 0 saturated heterocycles. The first-order chi connectivity index (χ1) is 18.2. The van der Waals surface area contributed by atoms with Gasteiger partial charge in [0.25, 0.3) is 0 Å². The molecule has 1 aromatic heterocycles. The monoisotopic (exact) mass is 559 g/mol. The lowest BCUT2D eigenvalue weighted by molar-refractivity contribution is 0.0370. The van der Waals surface area contributed by atoms with E-state index in [0.29, 0.717) is 36.3 Å². The van der Waals surface area contributed by atoms with E-state index in [-0.39, 0.29) is 22.5 Å². The number of methoxy groups -OCH3 is 1. The molecule has 3 rings (SSSR count). The maximum absolute atomic E-state index is 14.0. The van der Waals surface area contributed by atoms with Crippen LogP contribution in [0.15, 0.2) is 76.4 Å². The molecule has 11 heteroatoms. The highest BCUT2D eigenvalue weighted by atomic mass is 32.2. The second kappa shape index (κ2) is 11.8. The van der Waals surface area contributed by atoms with E-state index in [2.05, 4.69) is 5.32 Å². The lowest BCUT2D eigenvalue weighted by Crippen LogP contribution is -2.73. The van der Waals surface area contributed by atoms with Crippen molar-refractivity contribution in [3.8, 4) is 11.5 Å². The average molecular weight is 560 g/mol. The van der Waals surface area contributed by atoms with Crippen LogP contribution >= 0.6 is 0 Å². The zero-order valence-electron chi connectivity index (χ0n) is 22.6. The summed E-state index contributed by atoms with van der Waals surface area (Å²) in [5.74, 6) is 0.584. The van der Waals surface area contributed by atoms with Crippen LogP contribution in [0.1, 0.15) is 38.3 Å². The molecule has 212 valence electrons. The third kappa shape index (κ3) is 6.80. The van der Waals surface area contributed by atoms with Gasteiger partial charge in [-0.25, -0.2) is 13.2 Å². The first kappa shape index (κ1) is 30.2. The number of rotatable bonds is 12. The molecule has 2 aromatic carbocycles. The van der Waals surface area contributed by atoms with Crippen LogP contribution in [0.3, 0.4) is 0 Å². The van der Waals surface area contributed by atoms with Gasteiger partial charge in [0.15, 0.2) is 5.75 Å². The minimum Gasteiger partial charge on any atom is -0.496 e. The van der Waals surface area contributed by atoms with Crippen molar-refractivity contribution < 1.29 is 32.2 Å². The van der Waals surface area contributed by atoms with Crippen LogP contribution in [0.25, 0.3) is 0 Å². The molecular weight excluding hydrogens is 522 g/mol. The summed E-state index contributed by atoms with van der Waals surface area (Å²) < 4.78 is 43.6. The average Bonchev–Trinajstić information content (AvgIpc) is 3.36. The van der Waals surface area contributed by atoms with Crippen LogP contribution in [-0.4, -0.2) is 43.9 Å². The number of amides is 1. The van der Waals surface area contributed by atoms with Crippen molar-refractivity contribution in [2.24, 2.45) is 16.9 Å². The Morgan fingerprint density at radius 3 is 2.36 bits per heavy atom. The van der Waals surface area contributed by atoms with Crippen molar-refractivity contribution >= 4 is 15.9 Å². The Morgan fingerprint density at radius 2 is 1.77 bits per heavy atom. The summed E-state index contributed by atoms with van der Waals surface area (Å²) in [6.07, 6.45) is 2.38. The van der Waals surface area contributed by atoms with Crippen molar-refractivity contribution in [1.82, 2.24) is 5.32 Å². The van der Waals surface area contributed by atoms with Gasteiger partial charge in [-0.1, -0.05) is 44.2 Å². The Labute approximate surface area is 229 Å². The van der Waals surface area contributed by atoms with Gasteiger partial charge in [-0.3, -0.25) is 5.32 Å². The van der Waals surface area contributed by atoms with Crippen molar-refractivity contribution in [2.75, 3.05) is 13.7 Å². The summed E-state index contributed by atoms with van der Waals surface area (Å²) in [5, 5.41) is 14.1. The van der Waals surface area contributed by atoms with Gasteiger partial charge in [0.05, 0.1) is 18.3 Å². The number of carbonyl (C=O) groups is 1. The number of ether oxygens (including phenoxy) is 2. The van der Waals surface area contributed by atoms with Gasteiger partial charge in [-0.05, 0) is 61.1 Å². The van der Waals surface area contributed by atoms with Gasteiger partial charge in [-0.2, -0.15) is 0 Å². The van der Waals surface area contributed by atoms with Crippen LogP contribution in [-0.2, 0) is 22.7 Å². The maximum Gasteiger partial charge on any atom is 0.414 e. The Hall–Kier alpha value is -3.38. The molecular formula is C28H37N3O7S. The molecule has 0 radical (unpaired) electrons. The first-order valence-corrected chi connectivity index (χ1v) is 13.9. The fraction of sp³-hybridized carbons (Fsp3) is 0.393. The van der Waals surface area contributed by atoms with Crippen molar-refractivity contribution in [3.05, 3.63) is 78.3 Å². The molecule has 0 aliphatic heterocycles. The van der Waals surface area contributed by atoms with Gasteiger partial charge in [0, 0.05) is 12.5 Å². The van der Waals surface area contributed by atoms with Gasteiger partial charge in [-0.15, -0.1) is 0 Å². The lowest BCUT2D eigenvalue weighted by Gasteiger charge is -2.42. The summed E-state index contributed by atoms with van der Waals surface area (Å²) in [6.45, 7) is 5.58. The van der Waals surface area contributed by atoms with E-state index in [1.165, 1.54) is 43.9 Å². The highest BCUT2D eigenvalue weighted by Gasteiger charge is 2.55. The Kier molecular flexibility index (Phi) is 9.12. The van der Waals surface area contributed by atoms with E-state index in [0.717, 1.165) is 6.92 Å². The minimum atomic E-state index is -4.58. The fourth-order valence-electron chi connectivity index (χ4n) is 4.39. The maximum atomic E-state index is 14.0. The van der Waals surface area contributed by atoms with Crippen LogP contribution in [0, 0.1) is 5.41 Å². The minimum absolute atomic E-state index is 0.0805. The molecule has 1 amide bonds. The van der Waals surface area contributed by atoms with Crippen LogP contribution in [0.4, 0.5) is 4.79 Å². The molecule has 0 aliphatic rings. The normalized spacial score (nSPS) is 15.2. The zero-order chi connectivity index (χ0) is 28.9. The Balaban J connectivity index is 2.05. The van der Waals surface area contributed by atoms with Crippen molar-refractivity contribution in [3.63, 3.8) is 0 Å². The molecule has 3 aromatic rings. The summed E-state index contributed by atoms with van der Waals surface area (Å²) in [4.78, 5) is 9.92. The van der Waals surface area contributed by atoms with Gasteiger partial charge in [0.1, 0.15) is 17.7 Å². The SMILES string of the molecule is COc1ccc(S(=O)(=O)[C@@](C)(O)[C@](N)(Cc2ccccc2)NC(=O)Oc2ccoc2)cc1CC(C)(C)CCN. The predicted octanol–water partition coefficient (Wildman–Crippen LogP) is 3.37. The largest absolute Gasteiger partial charge is 0.496 e. The van der Waals surface area contributed by atoms with Crippen LogP contribution in [0.2, 0.25) is 0 Å². The van der Waals surface area contributed by atoms with E-state index in [4.69, 9.17) is 25.4 Å². The first-order valence-electron chi connectivity index (χ1n) is 12.4. The second-order valence-corrected chi connectivity index (χ2v) is 12.7. The zero-order valence-corrected chi connectivity index (χ0v) is 23.5. The number of benzene rings is 2. The molecule has 0 saturated carbocycles. The molecule has 1 heterocycles. The molecule has 2 atom stereocenters. The highest BCUT2D eigenvalue weighted by Crippen LogP contribution is 2.37. The van der Waals surface area contributed by atoms with Gasteiger partial charge >= 0.3 is 6.09 Å². The number of hydrogen-bond donors (Lipinski definition) is 4. The molecule has 6 N–H and O–H groups in total. The molecule has 0 fully saturated rings. The molecule has 0 aliphatic carbocycles. The van der Waals surface area contributed by atoms with E-state index >= 15 is 0 Å². The number of furan rings is 1. The molecule has 39 heavy (non-hydrogen) atoms.